The van der Waals surface area contributed by atoms with E-state index in [2.05, 4.69) is 26.1 Å². The minimum absolute atomic E-state index is 0.111. The summed E-state index contributed by atoms with van der Waals surface area (Å²) >= 11 is 0. The first-order chi connectivity index (χ1) is 19.9. The highest BCUT2D eigenvalue weighted by Crippen LogP contribution is 2.18. The number of amides is 3. The summed E-state index contributed by atoms with van der Waals surface area (Å²) in [7, 11) is 0. The van der Waals surface area contributed by atoms with Gasteiger partial charge in [0.2, 0.25) is 17.7 Å². The van der Waals surface area contributed by atoms with Gasteiger partial charge in [-0.25, -0.2) is 0 Å². The number of nitrogens with zero attached hydrogens (tertiary/aromatic N) is 1. The van der Waals surface area contributed by atoms with Crippen LogP contribution in [0.3, 0.4) is 0 Å². The van der Waals surface area contributed by atoms with Gasteiger partial charge in [0, 0.05) is 51.7 Å². The second-order valence-corrected chi connectivity index (χ2v) is 11.8. The van der Waals surface area contributed by atoms with E-state index in [1.165, 1.54) is 43.4 Å². The molecule has 0 radical (unpaired) electrons. The molecule has 8 nitrogen and oxygen atoms in total. The van der Waals surface area contributed by atoms with Crippen LogP contribution in [0.25, 0.3) is 0 Å². The Morgan fingerprint density at radius 1 is 0.854 bits per heavy atom. The van der Waals surface area contributed by atoms with Gasteiger partial charge < -0.3 is 19.5 Å². The Morgan fingerprint density at radius 3 is 2.24 bits per heavy atom. The molecule has 3 unspecified atom stereocenters. The van der Waals surface area contributed by atoms with Gasteiger partial charge in [-0.2, -0.15) is 0 Å². The van der Waals surface area contributed by atoms with E-state index >= 15 is 0 Å². The van der Waals surface area contributed by atoms with E-state index < -0.39 is 0 Å². The standard InChI is InChI=1S/C33H62N2O6/c1-5-7-9-10-16-23-39-27-30(41-25-17-12-13-18-29(4)40-24-8-6-2)19-14-11-15-21-34-31(36)20-22-35-32(37)26-28(3)33(35)38/h28-30H,5-27H2,1-4H3,(H,34,36). The first kappa shape index (κ1) is 37.5. The summed E-state index contributed by atoms with van der Waals surface area (Å²) < 4.78 is 18.1. The average Bonchev–Trinajstić information content (AvgIpc) is 3.20. The number of hydrogen-bond donors (Lipinski definition) is 1. The smallest absolute Gasteiger partial charge is 0.232 e. The lowest BCUT2D eigenvalue weighted by Crippen LogP contribution is -2.35. The predicted molar refractivity (Wildman–Crippen MR) is 165 cm³/mol. The molecule has 3 amide bonds. The van der Waals surface area contributed by atoms with Crippen molar-refractivity contribution in [3.05, 3.63) is 0 Å². The molecule has 1 N–H and O–H groups in total. The molecule has 3 atom stereocenters. The Hall–Kier alpha value is -1.51. The number of ether oxygens (including phenoxy) is 3. The SMILES string of the molecule is CCCCCCCOCC(CCCCCNC(=O)CCN1C(=O)CC(C)C1=O)OCCCCCC(C)OCCCC. The molecule has 1 saturated heterocycles. The van der Waals surface area contributed by atoms with Crippen LogP contribution in [-0.2, 0) is 28.6 Å². The van der Waals surface area contributed by atoms with Gasteiger partial charge in [0.05, 0.1) is 18.8 Å². The maximum absolute atomic E-state index is 12.2. The first-order valence-electron chi connectivity index (χ1n) is 16.8. The number of imide groups is 1. The fraction of sp³-hybridized carbons (Fsp3) is 0.909. The molecular weight excluding hydrogens is 520 g/mol. The molecule has 1 rings (SSSR count). The lowest BCUT2D eigenvalue weighted by atomic mass is 10.1. The molecule has 0 saturated carbocycles. The summed E-state index contributed by atoms with van der Waals surface area (Å²) in [6.07, 6.45) is 17.8. The Labute approximate surface area is 251 Å². The monoisotopic (exact) mass is 582 g/mol. The molecule has 0 aromatic heterocycles. The van der Waals surface area contributed by atoms with Crippen molar-refractivity contribution >= 4 is 17.7 Å². The highest BCUT2D eigenvalue weighted by atomic mass is 16.5. The van der Waals surface area contributed by atoms with Crippen LogP contribution in [0.5, 0.6) is 0 Å². The van der Waals surface area contributed by atoms with E-state index in [9.17, 15) is 14.4 Å². The zero-order chi connectivity index (χ0) is 30.1. The number of carbonyl (C=O) groups excluding carboxylic acids is 3. The predicted octanol–water partition coefficient (Wildman–Crippen LogP) is 6.59. The summed E-state index contributed by atoms with van der Waals surface area (Å²) in [6, 6.07) is 0. The van der Waals surface area contributed by atoms with Crippen molar-refractivity contribution in [1.82, 2.24) is 10.2 Å². The molecule has 0 aliphatic carbocycles. The molecule has 41 heavy (non-hydrogen) atoms. The van der Waals surface area contributed by atoms with Gasteiger partial charge in [-0.05, 0) is 45.4 Å². The summed E-state index contributed by atoms with van der Waals surface area (Å²) in [5.74, 6) is -0.712. The van der Waals surface area contributed by atoms with Crippen LogP contribution in [0.15, 0.2) is 0 Å². The third-order valence-electron chi connectivity index (χ3n) is 7.76. The minimum atomic E-state index is -0.265. The van der Waals surface area contributed by atoms with Gasteiger partial charge in [-0.15, -0.1) is 0 Å². The fourth-order valence-electron chi connectivity index (χ4n) is 5.00. The summed E-state index contributed by atoms with van der Waals surface area (Å²) in [4.78, 5) is 37.2. The van der Waals surface area contributed by atoms with E-state index in [0.717, 1.165) is 77.6 Å². The van der Waals surface area contributed by atoms with Crippen LogP contribution in [0.2, 0.25) is 0 Å². The van der Waals surface area contributed by atoms with E-state index in [-0.39, 0.29) is 49.1 Å². The van der Waals surface area contributed by atoms with Gasteiger partial charge in [0.25, 0.3) is 0 Å². The van der Waals surface area contributed by atoms with Crippen molar-refractivity contribution in [2.45, 2.75) is 149 Å². The largest absolute Gasteiger partial charge is 0.379 e. The molecule has 240 valence electrons. The second-order valence-electron chi connectivity index (χ2n) is 11.8. The fourth-order valence-corrected chi connectivity index (χ4v) is 5.00. The van der Waals surface area contributed by atoms with Crippen molar-refractivity contribution in [3.8, 4) is 0 Å². The maximum atomic E-state index is 12.2. The Balaban J connectivity index is 2.20. The Morgan fingerprint density at radius 2 is 1.51 bits per heavy atom. The summed E-state index contributed by atoms with van der Waals surface area (Å²) in [5, 5.41) is 2.92. The lowest BCUT2D eigenvalue weighted by Gasteiger charge is -2.19. The van der Waals surface area contributed by atoms with Gasteiger partial charge in [0.1, 0.15) is 0 Å². The third-order valence-corrected chi connectivity index (χ3v) is 7.76. The second kappa shape index (κ2) is 25.0. The van der Waals surface area contributed by atoms with Crippen LogP contribution in [0, 0.1) is 5.92 Å². The number of rotatable bonds is 28. The van der Waals surface area contributed by atoms with Crippen LogP contribution in [0.4, 0.5) is 0 Å². The number of carbonyl (C=O) groups is 3. The van der Waals surface area contributed by atoms with E-state index in [4.69, 9.17) is 14.2 Å². The molecule has 0 bridgehead atoms. The highest BCUT2D eigenvalue weighted by Gasteiger charge is 2.35. The molecular formula is C33H62N2O6. The number of likely N-dealkylation sites (tertiary alicyclic amines) is 1. The van der Waals surface area contributed by atoms with Crippen molar-refractivity contribution in [1.29, 1.82) is 0 Å². The molecule has 0 aromatic rings. The molecule has 1 aliphatic rings. The van der Waals surface area contributed by atoms with Crippen LogP contribution >= 0.6 is 0 Å². The van der Waals surface area contributed by atoms with Gasteiger partial charge in [-0.1, -0.05) is 78.6 Å². The zero-order valence-corrected chi connectivity index (χ0v) is 26.9. The maximum Gasteiger partial charge on any atom is 0.232 e. The highest BCUT2D eigenvalue weighted by molar-refractivity contribution is 6.03. The minimum Gasteiger partial charge on any atom is -0.379 e. The molecule has 0 aromatic carbocycles. The summed E-state index contributed by atoms with van der Waals surface area (Å²) in [5.41, 5.74) is 0. The van der Waals surface area contributed by atoms with Crippen molar-refractivity contribution < 1.29 is 28.6 Å². The van der Waals surface area contributed by atoms with E-state index in [1.54, 1.807) is 6.92 Å². The number of unbranched alkanes of at least 4 members (excludes halogenated alkanes) is 9. The van der Waals surface area contributed by atoms with E-state index in [0.29, 0.717) is 19.3 Å². The van der Waals surface area contributed by atoms with Crippen molar-refractivity contribution in [2.24, 2.45) is 5.92 Å². The third kappa shape index (κ3) is 19.3. The molecule has 0 spiro atoms. The zero-order valence-electron chi connectivity index (χ0n) is 26.9. The average molecular weight is 583 g/mol. The number of nitrogens with one attached hydrogen (secondary N) is 1. The van der Waals surface area contributed by atoms with Crippen molar-refractivity contribution in [2.75, 3.05) is 39.5 Å². The number of hydrogen-bond acceptors (Lipinski definition) is 6. The Bertz CT molecular complexity index is 689. The molecule has 1 aliphatic heterocycles. The van der Waals surface area contributed by atoms with Crippen LogP contribution < -0.4 is 5.32 Å². The quantitative estimate of drug-likeness (QED) is 0.0827. The van der Waals surface area contributed by atoms with Gasteiger partial charge in [-0.3, -0.25) is 19.3 Å². The normalized spacial score (nSPS) is 16.9. The van der Waals surface area contributed by atoms with Gasteiger partial charge >= 0.3 is 0 Å². The van der Waals surface area contributed by atoms with E-state index in [1.807, 2.05) is 0 Å². The van der Waals surface area contributed by atoms with Gasteiger partial charge in [0.15, 0.2) is 0 Å². The van der Waals surface area contributed by atoms with Crippen LogP contribution in [0.1, 0.15) is 137 Å². The summed E-state index contributed by atoms with van der Waals surface area (Å²) in [6.45, 7) is 12.2. The lowest BCUT2D eigenvalue weighted by molar-refractivity contribution is -0.139. The first-order valence-corrected chi connectivity index (χ1v) is 16.8. The van der Waals surface area contributed by atoms with Crippen LogP contribution in [-0.4, -0.2) is 74.3 Å². The molecule has 8 heteroatoms. The Kier molecular flexibility index (Phi) is 22.9. The molecule has 1 heterocycles. The topological polar surface area (TPSA) is 94.2 Å². The van der Waals surface area contributed by atoms with Crippen molar-refractivity contribution in [3.63, 3.8) is 0 Å². The molecule has 1 fully saturated rings.